The molecular formula is C16H22BCl2N2NaO2. The number of hydrogen-bond acceptors (Lipinski definition) is 3. The van der Waals surface area contributed by atoms with E-state index in [-0.39, 0.29) is 56.1 Å². The summed E-state index contributed by atoms with van der Waals surface area (Å²) < 4.78 is 5.53. The number of nitrogens with one attached hydrogen (secondary N) is 1. The fourth-order valence-electron chi connectivity index (χ4n) is 2.45. The molecule has 126 valence electrons. The van der Waals surface area contributed by atoms with Gasteiger partial charge in [-0.3, -0.25) is 4.90 Å². The molecule has 0 bridgehead atoms. The number of ether oxygens (including phenoxy) is 1. The Labute approximate surface area is 178 Å². The maximum Gasteiger partial charge on any atom is 1.00 e. The summed E-state index contributed by atoms with van der Waals surface area (Å²) >= 11 is 12.1. The van der Waals surface area contributed by atoms with Crippen molar-refractivity contribution in [1.29, 1.82) is 0 Å². The molecule has 1 N–H and O–H groups in total. The Bertz CT molecular complexity index is 569. The normalized spacial score (nSPS) is 20.7. The van der Waals surface area contributed by atoms with Crippen LogP contribution in [-0.4, -0.2) is 44.1 Å². The van der Waals surface area contributed by atoms with Crippen molar-refractivity contribution >= 4 is 37.7 Å². The van der Waals surface area contributed by atoms with E-state index in [1.807, 2.05) is 39.8 Å². The van der Waals surface area contributed by atoms with Gasteiger partial charge in [0.15, 0.2) is 0 Å². The smallest absolute Gasteiger partial charge is 1.00 e. The van der Waals surface area contributed by atoms with Crippen molar-refractivity contribution in [3.05, 3.63) is 33.8 Å². The van der Waals surface area contributed by atoms with Crippen LogP contribution < -0.4 is 34.9 Å². The Kier molecular flexibility index (Phi) is 9.74. The van der Waals surface area contributed by atoms with Gasteiger partial charge in [0.05, 0.1) is 16.1 Å². The molecule has 1 aliphatic heterocycles. The summed E-state index contributed by atoms with van der Waals surface area (Å²) in [6.45, 7) is 8.88. The van der Waals surface area contributed by atoms with Crippen molar-refractivity contribution < 1.29 is 39.1 Å². The number of piperazine rings is 1. The number of carbonyl (C=O) groups is 1. The number of halogens is 2. The zero-order valence-corrected chi connectivity index (χ0v) is 18.4. The summed E-state index contributed by atoms with van der Waals surface area (Å²) in [5.74, 6) is 0. The quantitative estimate of drug-likeness (QED) is 0.738. The van der Waals surface area contributed by atoms with Gasteiger partial charge in [0.25, 0.3) is 0 Å². The van der Waals surface area contributed by atoms with Crippen molar-refractivity contribution in [2.75, 3.05) is 13.1 Å². The van der Waals surface area contributed by atoms with Crippen LogP contribution in [0.15, 0.2) is 18.2 Å². The Hall–Kier alpha value is 0.0949. The molecular weight excluding hydrogens is 357 g/mol. The third-order valence-corrected chi connectivity index (χ3v) is 4.20. The van der Waals surface area contributed by atoms with E-state index in [2.05, 4.69) is 5.32 Å². The molecule has 0 aromatic heterocycles. The predicted molar refractivity (Wildman–Crippen MR) is 95.4 cm³/mol. The van der Waals surface area contributed by atoms with Crippen LogP contribution in [0.1, 0.15) is 39.3 Å². The molecule has 4 radical (unpaired) electrons. The Balaban J connectivity index is 0.00000264. The van der Waals surface area contributed by atoms with Gasteiger partial charge >= 0.3 is 35.7 Å². The van der Waals surface area contributed by atoms with Gasteiger partial charge < -0.3 is 18.5 Å². The standard InChI is InChI=1S/C16H22Cl2N2O2.B.Na/c1-10-9-20(15(21)22-16(2,3)4)14(8-19-10)11-5-6-12(17)13(18)7-11;;/h5-7,10,14,19H,8-9H2,1-4H3;;/q;-1;+1/t10-,14-;;/m1../s1. The molecule has 24 heavy (non-hydrogen) atoms. The molecule has 0 spiro atoms. The maximum absolute atomic E-state index is 12.5. The minimum Gasteiger partial charge on any atom is -1.00 e. The average molecular weight is 379 g/mol. The van der Waals surface area contributed by atoms with Gasteiger partial charge in [-0.1, -0.05) is 29.3 Å². The number of amides is 1. The zero-order valence-electron chi connectivity index (χ0n) is 14.9. The van der Waals surface area contributed by atoms with Gasteiger partial charge in [-0.15, -0.1) is 0 Å². The van der Waals surface area contributed by atoms with E-state index in [1.54, 1.807) is 11.0 Å². The van der Waals surface area contributed by atoms with E-state index in [0.29, 0.717) is 23.1 Å². The van der Waals surface area contributed by atoms with E-state index in [0.717, 1.165) is 5.56 Å². The second-order valence-corrected chi connectivity index (χ2v) is 7.45. The summed E-state index contributed by atoms with van der Waals surface area (Å²) in [5, 5.41) is 4.38. The summed E-state index contributed by atoms with van der Waals surface area (Å²) in [6, 6.07) is 5.55. The van der Waals surface area contributed by atoms with E-state index < -0.39 is 5.60 Å². The average Bonchev–Trinajstić information content (AvgIpc) is 2.40. The van der Waals surface area contributed by atoms with Crippen molar-refractivity contribution in [2.24, 2.45) is 0 Å². The summed E-state index contributed by atoms with van der Waals surface area (Å²) in [7, 11) is 0. The van der Waals surface area contributed by atoms with Crippen LogP contribution >= 0.6 is 23.2 Å². The monoisotopic (exact) mass is 378 g/mol. The fraction of sp³-hybridized carbons (Fsp3) is 0.562. The summed E-state index contributed by atoms with van der Waals surface area (Å²) in [6.07, 6.45) is -0.308. The minimum absolute atomic E-state index is 0. The molecule has 1 aromatic carbocycles. The van der Waals surface area contributed by atoms with Crippen molar-refractivity contribution in [1.82, 2.24) is 10.2 Å². The van der Waals surface area contributed by atoms with E-state index in [1.165, 1.54) is 0 Å². The number of rotatable bonds is 1. The second-order valence-electron chi connectivity index (χ2n) is 6.63. The molecule has 0 unspecified atom stereocenters. The first-order valence-electron chi connectivity index (χ1n) is 7.35. The second kappa shape index (κ2) is 9.70. The van der Waals surface area contributed by atoms with Crippen molar-refractivity contribution in [3.63, 3.8) is 0 Å². The summed E-state index contributed by atoms with van der Waals surface area (Å²) in [5.41, 5.74) is 0.424. The molecule has 2 atom stereocenters. The van der Waals surface area contributed by atoms with Crippen LogP contribution in [0.25, 0.3) is 0 Å². The van der Waals surface area contributed by atoms with Crippen molar-refractivity contribution in [3.8, 4) is 0 Å². The molecule has 1 amide bonds. The molecule has 0 saturated carbocycles. The molecule has 4 nitrogen and oxygen atoms in total. The summed E-state index contributed by atoms with van der Waals surface area (Å²) in [4.78, 5) is 14.3. The number of carbonyl (C=O) groups excluding carboxylic acids is 1. The predicted octanol–water partition coefficient (Wildman–Crippen LogP) is 0.886. The Morgan fingerprint density at radius 2 is 1.92 bits per heavy atom. The molecule has 8 heteroatoms. The Morgan fingerprint density at radius 3 is 2.46 bits per heavy atom. The third-order valence-electron chi connectivity index (χ3n) is 3.46. The molecule has 0 aliphatic carbocycles. The van der Waals surface area contributed by atoms with Gasteiger partial charge in [-0.05, 0) is 45.4 Å². The van der Waals surface area contributed by atoms with E-state index in [9.17, 15) is 4.79 Å². The largest absolute Gasteiger partial charge is 1.00 e. The van der Waals surface area contributed by atoms with Crippen LogP contribution in [0, 0.1) is 0 Å². The molecule has 1 aliphatic rings. The van der Waals surface area contributed by atoms with Crippen LogP contribution in [0.5, 0.6) is 0 Å². The molecule has 1 saturated heterocycles. The SMILES string of the molecule is C[C@@H]1CN(C(=O)OC(C)(C)C)[C@@H](c2ccc(Cl)c(Cl)c2)CN1.[B-].[Na+]. The zero-order chi connectivity index (χ0) is 16.5. The number of nitrogens with zero attached hydrogens (tertiary/aromatic N) is 1. The number of hydrogen-bond donors (Lipinski definition) is 1. The maximum atomic E-state index is 12.5. The van der Waals surface area contributed by atoms with Gasteiger partial charge in [-0.2, -0.15) is 0 Å². The first-order valence-corrected chi connectivity index (χ1v) is 8.11. The minimum atomic E-state index is -0.520. The van der Waals surface area contributed by atoms with Gasteiger partial charge in [-0.25, -0.2) is 4.79 Å². The van der Waals surface area contributed by atoms with E-state index >= 15 is 0 Å². The fourth-order valence-corrected chi connectivity index (χ4v) is 2.76. The third kappa shape index (κ3) is 6.43. The molecule has 2 rings (SSSR count). The van der Waals surface area contributed by atoms with Crippen molar-refractivity contribution in [2.45, 2.75) is 45.4 Å². The van der Waals surface area contributed by atoms with Gasteiger partial charge in [0.2, 0.25) is 0 Å². The van der Waals surface area contributed by atoms with Crippen LogP contribution in [-0.2, 0) is 4.74 Å². The molecule has 1 heterocycles. The molecule has 1 fully saturated rings. The van der Waals surface area contributed by atoms with Gasteiger partial charge in [0.1, 0.15) is 5.60 Å². The Morgan fingerprint density at radius 1 is 1.29 bits per heavy atom. The van der Waals surface area contributed by atoms with Crippen LogP contribution in [0.4, 0.5) is 4.79 Å². The molecule has 1 aromatic rings. The van der Waals surface area contributed by atoms with E-state index in [4.69, 9.17) is 27.9 Å². The van der Waals surface area contributed by atoms with Crippen LogP contribution in [0.3, 0.4) is 0 Å². The number of benzene rings is 1. The topological polar surface area (TPSA) is 41.6 Å². The first-order chi connectivity index (χ1) is 10.2. The first kappa shape index (κ1) is 24.1. The van der Waals surface area contributed by atoms with Crippen LogP contribution in [0.2, 0.25) is 10.0 Å². The van der Waals surface area contributed by atoms with Gasteiger partial charge in [0, 0.05) is 19.1 Å².